The van der Waals surface area contributed by atoms with Crippen LogP contribution in [0.2, 0.25) is 0 Å². The lowest BCUT2D eigenvalue weighted by molar-refractivity contribution is -0.121. The summed E-state index contributed by atoms with van der Waals surface area (Å²) in [5.41, 5.74) is 10.6. The zero-order valence-corrected chi connectivity index (χ0v) is 13.6. The van der Waals surface area contributed by atoms with Crippen molar-refractivity contribution < 1.29 is 19.2 Å². The Kier molecular flexibility index (Phi) is 5.93. The SMILES string of the molecule is NC(=O)c1ccc(NC(=O)CCC(=O)Nc2ccc(C(N)=O)cn2)nc1. The molecule has 2 aromatic rings. The van der Waals surface area contributed by atoms with Crippen molar-refractivity contribution in [2.24, 2.45) is 11.5 Å². The topological polar surface area (TPSA) is 170 Å². The molecule has 26 heavy (non-hydrogen) atoms. The highest BCUT2D eigenvalue weighted by molar-refractivity contribution is 5.97. The number of nitrogens with one attached hydrogen (secondary N) is 2. The van der Waals surface area contributed by atoms with E-state index in [9.17, 15) is 19.2 Å². The Labute approximate surface area is 148 Å². The summed E-state index contributed by atoms with van der Waals surface area (Å²) in [6.45, 7) is 0. The quantitative estimate of drug-likeness (QED) is 0.545. The minimum Gasteiger partial charge on any atom is -0.366 e. The summed E-state index contributed by atoms with van der Waals surface area (Å²) in [6, 6.07) is 5.72. The second-order valence-corrected chi connectivity index (χ2v) is 5.19. The highest BCUT2D eigenvalue weighted by Crippen LogP contribution is 2.08. The fourth-order valence-corrected chi connectivity index (χ4v) is 1.86. The molecule has 0 spiro atoms. The number of nitrogens with zero attached hydrogens (tertiary/aromatic N) is 2. The van der Waals surface area contributed by atoms with E-state index in [1.54, 1.807) is 0 Å². The Morgan fingerprint density at radius 2 is 1.12 bits per heavy atom. The van der Waals surface area contributed by atoms with Crippen LogP contribution in [0, 0.1) is 0 Å². The van der Waals surface area contributed by atoms with Crippen molar-refractivity contribution >= 4 is 35.3 Å². The number of hydrogen-bond donors (Lipinski definition) is 4. The molecule has 0 unspecified atom stereocenters. The Hall–Kier alpha value is -3.82. The lowest BCUT2D eigenvalue weighted by Crippen LogP contribution is -2.19. The summed E-state index contributed by atoms with van der Waals surface area (Å²) in [5.74, 6) is -1.60. The van der Waals surface area contributed by atoms with Gasteiger partial charge in [0, 0.05) is 25.2 Å². The molecular formula is C16H16N6O4. The molecule has 0 aliphatic heterocycles. The standard InChI is InChI=1S/C16H16N6O4/c17-15(25)9-1-3-11(19-7-9)21-13(23)5-6-14(24)22-12-4-2-10(8-20-12)16(18)26/h1-4,7-8H,5-6H2,(H2,17,25)(H2,18,26)(H,19,21,23)(H,20,22,24). The number of carbonyl (C=O) groups is 4. The second kappa shape index (κ2) is 8.33. The number of aromatic nitrogens is 2. The van der Waals surface area contributed by atoms with E-state index >= 15 is 0 Å². The minimum atomic E-state index is -0.621. The molecule has 10 nitrogen and oxygen atoms in total. The van der Waals surface area contributed by atoms with Crippen LogP contribution in [-0.4, -0.2) is 33.6 Å². The van der Waals surface area contributed by atoms with Crippen LogP contribution in [0.3, 0.4) is 0 Å². The van der Waals surface area contributed by atoms with Crippen molar-refractivity contribution in [2.45, 2.75) is 12.8 Å². The molecular weight excluding hydrogens is 340 g/mol. The van der Waals surface area contributed by atoms with Crippen LogP contribution in [0.15, 0.2) is 36.7 Å². The van der Waals surface area contributed by atoms with Crippen molar-refractivity contribution in [1.29, 1.82) is 0 Å². The average molecular weight is 356 g/mol. The lowest BCUT2D eigenvalue weighted by Gasteiger charge is -2.06. The van der Waals surface area contributed by atoms with Crippen LogP contribution >= 0.6 is 0 Å². The molecule has 4 amide bonds. The molecule has 2 rings (SSSR count). The number of carbonyl (C=O) groups excluding carboxylic acids is 4. The van der Waals surface area contributed by atoms with Gasteiger partial charge in [-0.05, 0) is 24.3 Å². The van der Waals surface area contributed by atoms with Gasteiger partial charge in [-0.2, -0.15) is 0 Å². The molecule has 0 atom stereocenters. The maximum atomic E-state index is 11.8. The number of primary amides is 2. The summed E-state index contributed by atoms with van der Waals surface area (Å²) in [5, 5.41) is 5.00. The summed E-state index contributed by atoms with van der Waals surface area (Å²) >= 11 is 0. The first kappa shape index (κ1) is 18.5. The highest BCUT2D eigenvalue weighted by atomic mass is 16.2. The number of hydrogen-bond acceptors (Lipinski definition) is 6. The molecule has 0 aromatic carbocycles. The molecule has 0 bridgehead atoms. The monoisotopic (exact) mass is 356 g/mol. The Morgan fingerprint density at radius 3 is 1.38 bits per heavy atom. The smallest absolute Gasteiger partial charge is 0.250 e. The number of amides is 4. The summed E-state index contributed by atoms with van der Waals surface area (Å²) in [4.78, 5) is 53.3. The molecule has 6 N–H and O–H groups in total. The fraction of sp³-hybridized carbons (Fsp3) is 0.125. The van der Waals surface area contributed by atoms with Gasteiger partial charge in [-0.15, -0.1) is 0 Å². The van der Waals surface area contributed by atoms with Gasteiger partial charge in [-0.25, -0.2) is 9.97 Å². The molecule has 0 aliphatic carbocycles. The first-order valence-electron chi connectivity index (χ1n) is 7.46. The molecule has 10 heteroatoms. The summed E-state index contributed by atoms with van der Waals surface area (Å²) in [7, 11) is 0. The third-order valence-electron chi connectivity index (χ3n) is 3.21. The average Bonchev–Trinajstić information content (AvgIpc) is 2.61. The van der Waals surface area contributed by atoms with E-state index in [2.05, 4.69) is 20.6 Å². The molecule has 2 heterocycles. The van der Waals surface area contributed by atoms with Gasteiger partial charge in [0.15, 0.2) is 0 Å². The van der Waals surface area contributed by atoms with Crippen LogP contribution in [0.25, 0.3) is 0 Å². The van der Waals surface area contributed by atoms with Gasteiger partial charge in [-0.3, -0.25) is 19.2 Å². The first-order chi connectivity index (χ1) is 12.3. The summed E-state index contributed by atoms with van der Waals surface area (Å²) in [6.07, 6.45) is 2.33. The molecule has 0 saturated heterocycles. The van der Waals surface area contributed by atoms with Crippen LogP contribution in [0.5, 0.6) is 0 Å². The van der Waals surface area contributed by atoms with Crippen molar-refractivity contribution in [2.75, 3.05) is 10.6 Å². The van der Waals surface area contributed by atoms with Crippen molar-refractivity contribution in [3.8, 4) is 0 Å². The van der Waals surface area contributed by atoms with E-state index in [0.717, 1.165) is 0 Å². The van der Waals surface area contributed by atoms with E-state index in [1.807, 2.05) is 0 Å². The van der Waals surface area contributed by atoms with Gasteiger partial charge >= 0.3 is 0 Å². The molecule has 0 aliphatic rings. The summed E-state index contributed by atoms with van der Waals surface area (Å²) < 4.78 is 0. The third-order valence-corrected chi connectivity index (χ3v) is 3.21. The number of anilines is 2. The fourth-order valence-electron chi connectivity index (χ4n) is 1.86. The van der Waals surface area contributed by atoms with Gasteiger partial charge in [-0.1, -0.05) is 0 Å². The van der Waals surface area contributed by atoms with Crippen molar-refractivity contribution in [3.05, 3.63) is 47.8 Å². The maximum absolute atomic E-state index is 11.8. The minimum absolute atomic E-state index is 0.0789. The number of nitrogens with two attached hydrogens (primary N) is 2. The molecule has 0 saturated carbocycles. The molecule has 0 fully saturated rings. The van der Waals surface area contributed by atoms with Crippen LogP contribution < -0.4 is 22.1 Å². The predicted molar refractivity (Wildman–Crippen MR) is 92.0 cm³/mol. The zero-order chi connectivity index (χ0) is 19.1. The predicted octanol–water partition coefficient (Wildman–Crippen LogP) is 0.0318. The lowest BCUT2D eigenvalue weighted by atomic mass is 10.2. The van der Waals surface area contributed by atoms with Gasteiger partial charge in [0.05, 0.1) is 11.1 Å². The zero-order valence-electron chi connectivity index (χ0n) is 13.6. The largest absolute Gasteiger partial charge is 0.366 e. The highest BCUT2D eigenvalue weighted by Gasteiger charge is 2.10. The van der Waals surface area contributed by atoms with E-state index in [4.69, 9.17) is 11.5 Å². The third kappa shape index (κ3) is 5.37. The van der Waals surface area contributed by atoms with Crippen molar-refractivity contribution in [3.63, 3.8) is 0 Å². The second-order valence-electron chi connectivity index (χ2n) is 5.19. The van der Waals surface area contributed by atoms with Gasteiger partial charge < -0.3 is 22.1 Å². The van der Waals surface area contributed by atoms with Gasteiger partial charge in [0.25, 0.3) is 0 Å². The molecule has 2 aromatic heterocycles. The van der Waals surface area contributed by atoms with Gasteiger partial charge in [0.2, 0.25) is 23.6 Å². The number of pyridine rings is 2. The Balaban J connectivity index is 1.80. The van der Waals surface area contributed by atoms with Gasteiger partial charge in [0.1, 0.15) is 11.6 Å². The molecule has 134 valence electrons. The van der Waals surface area contributed by atoms with Crippen LogP contribution in [0.4, 0.5) is 11.6 Å². The van der Waals surface area contributed by atoms with E-state index in [-0.39, 0.29) is 35.6 Å². The maximum Gasteiger partial charge on any atom is 0.250 e. The van der Waals surface area contributed by atoms with Crippen LogP contribution in [0.1, 0.15) is 33.6 Å². The number of rotatable bonds is 7. The Bertz CT molecular complexity index is 761. The van der Waals surface area contributed by atoms with E-state index in [1.165, 1.54) is 36.7 Å². The van der Waals surface area contributed by atoms with Crippen LogP contribution in [-0.2, 0) is 9.59 Å². The van der Waals surface area contributed by atoms with Crippen molar-refractivity contribution in [1.82, 2.24) is 9.97 Å². The Morgan fingerprint density at radius 1 is 0.731 bits per heavy atom. The van der Waals surface area contributed by atoms with E-state index < -0.39 is 23.6 Å². The first-order valence-corrected chi connectivity index (χ1v) is 7.46. The van der Waals surface area contributed by atoms with E-state index in [0.29, 0.717) is 0 Å². The molecule has 0 radical (unpaired) electrons. The normalized spacial score (nSPS) is 10.0.